The highest BCUT2D eigenvalue weighted by Gasteiger charge is 2.43. The molecule has 6 nitrogen and oxygen atoms in total. The number of aliphatic hydroxyl groups is 1. The molecule has 0 unspecified atom stereocenters. The highest BCUT2D eigenvalue weighted by Crippen LogP contribution is 2.33. The average molecular weight is 263 g/mol. The van der Waals surface area contributed by atoms with Crippen molar-refractivity contribution in [2.45, 2.75) is 0 Å². The Morgan fingerprint density at radius 3 is 1.79 bits per heavy atom. The molecule has 3 aliphatic heterocycles. The van der Waals surface area contributed by atoms with E-state index in [1.807, 2.05) is 14.7 Å². The Labute approximate surface area is 111 Å². The van der Waals surface area contributed by atoms with Crippen molar-refractivity contribution in [2.24, 2.45) is 0 Å². The summed E-state index contributed by atoms with van der Waals surface area (Å²) in [5.74, 6) is 0.0485. The van der Waals surface area contributed by atoms with Crippen LogP contribution in [-0.2, 0) is 9.59 Å². The van der Waals surface area contributed by atoms with Crippen molar-refractivity contribution in [3.63, 3.8) is 0 Å². The minimum absolute atomic E-state index is 0.00546. The summed E-state index contributed by atoms with van der Waals surface area (Å²) < 4.78 is 0. The summed E-state index contributed by atoms with van der Waals surface area (Å²) in [6.45, 7) is 5.41. The van der Waals surface area contributed by atoms with Crippen LogP contribution in [0, 0.1) is 0 Å². The smallest absolute Gasteiger partial charge is 0.227 e. The molecule has 1 aliphatic carbocycles. The summed E-state index contributed by atoms with van der Waals surface area (Å²) in [6, 6.07) is 0. The highest BCUT2D eigenvalue weighted by molar-refractivity contribution is 6.22. The molecule has 0 bridgehead atoms. The van der Waals surface area contributed by atoms with Gasteiger partial charge in [-0.3, -0.25) is 9.59 Å². The van der Waals surface area contributed by atoms with Crippen LogP contribution in [0.3, 0.4) is 0 Å². The number of aliphatic hydroxyl groups excluding tert-OH is 1. The van der Waals surface area contributed by atoms with Crippen molar-refractivity contribution in [2.75, 3.05) is 46.4 Å². The van der Waals surface area contributed by atoms with Crippen molar-refractivity contribution in [1.29, 1.82) is 0 Å². The summed E-state index contributed by atoms with van der Waals surface area (Å²) in [6.07, 6.45) is 1.52. The van der Waals surface area contributed by atoms with Gasteiger partial charge in [-0.15, -0.1) is 0 Å². The number of hydrogen-bond acceptors (Lipinski definition) is 6. The lowest BCUT2D eigenvalue weighted by Crippen LogP contribution is -2.29. The molecule has 102 valence electrons. The standard InChI is InChI=1S/C12H13N3O2.CH4O/c16-9-7-8(13-1-2-13)12(17)11(15-5-6-15)10(9)14-3-4-14;1-2/h7H,1-6H2;2H,1H3. The molecule has 0 spiro atoms. The van der Waals surface area contributed by atoms with E-state index < -0.39 is 0 Å². The molecule has 19 heavy (non-hydrogen) atoms. The fraction of sp³-hybridized carbons (Fsp3) is 0.538. The van der Waals surface area contributed by atoms with Crippen LogP contribution in [0.25, 0.3) is 0 Å². The summed E-state index contributed by atoms with van der Waals surface area (Å²) in [7, 11) is 1.00. The van der Waals surface area contributed by atoms with Gasteiger partial charge in [-0.2, -0.15) is 0 Å². The van der Waals surface area contributed by atoms with Gasteiger partial charge in [-0.1, -0.05) is 0 Å². The minimum Gasteiger partial charge on any atom is -0.400 e. The number of rotatable bonds is 3. The zero-order chi connectivity index (χ0) is 13.6. The first-order valence-corrected chi connectivity index (χ1v) is 6.50. The molecule has 4 rings (SSSR count). The minimum atomic E-state index is 0.00546. The topological polar surface area (TPSA) is 63.4 Å². The Hall–Kier alpha value is -1.82. The largest absolute Gasteiger partial charge is 0.400 e. The fourth-order valence-electron chi connectivity index (χ4n) is 2.28. The predicted molar refractivity (Wildman–Crippen MR) is 68.0 cm³/mol. The van der Waals surface area contributed by atoms with Crippen molar-refractivity contribution in [3.05, 3.63) is 23.2 Å². The third-order valence-corrected chi connectivity index (χ3v) is 3.49. The van der Waals surface area contributed by atoms with Crippen LogP contribution in [0.15, 0.2) is 23.2 Å². The van der Waals surface area contributed by atoms with E-state index in [2.05, 4.69) is 0 Å². The van der Waals surface area contributed by atoms with E-state index in [0.29, 0.717) is 17.1 Å². The third kappa shape index (κ3) is 2.12. The first-order valence-electron chi connectivity index (χ1n) is 6.50. The van der Waals surface area contributed by atoms with Gasteiger partial charge in [-0.25, -0.2) is 0 Å². The number of carbonyl (C=O) groups is 2. The zero-order valence-electron chi connectivity index (χ0n) is 10.9. The van der Waals surface area contributed by atoms with Crippen molar-refractivity contribution in [3.8, 4) is 0 Å². The molecule has 0 aromatic carbocycles. The van der Waals surface area contributed by atoms with E-state index in [9.17, 15) is 9.59 Å². The molecular formula is C13H17N3O3. The summed E-state index contributed by atoms with van der Waals surface area (Å²) in [5, 5.41) is 7.00. The maximum atomic E-state index is 12.4. The summed E-state index contributed by atoms with van der Waals surface area (Å²) in [5.41, 5.74) is 1.89. The quantitative estimate of drug-likeness (QED) is 0.509. The molecule has 0 amide bonds. The van der Waals surface area contributed by atoms with Crippen molar-refractivity contribution in [1.82, 2.24) is 14.7 Å². The molecule has 0 atom stereocenters. The Bertz CT molecular complexity index is 497. The first kappa shape index (κ1) is 12.2. The lowest BCUT2D eigenvalue weighted by Gasteiger charge is -2.21. The second kappa shape index (κ2) is 4.38. The van der Waals surface area contributed by atoms with Gasteiger partial charge < -0.3 is 19.8 Å². The number of nitrogens with zero attached hydrogens (tertiary/aromatic N) is 3. The summed E-state index contributed by atoms with van der Waals surface area (Å²) in [4.78, 5) is 30.5. The van der Waals surface area contributed by atoms with E-state index in [1.165, 1.54) is 6.08 Å². The van der Waals surface area contributed by atoms with Gasteiger partial charge >= 0.3 is 0 Å². The maximum Gasteiger partial charge on any atom is 0.227 e. The van der Waals surface area contributed by atoms with Gasteiger partial charge in [0.25, 0.3) is 0 Å². The maximum absolute atomic E-state index is 12.4. The molecule has 3 heterocycles. The predicted octanol–water partition coefficient (Wildman–Crippen LogP) is -1.21. The number of hydrogen-bond donors (Lipinski definition) is 1. The van der Waals surface area contributed by atoms with Gasteiger partial charge in [0, 0.05) is 52.5 Å². The van der Waals surface area contributed by atoms with Crippen molar-refractivity contribution >= 4 is 11.6 Å². The van der Waals surface area contributed by atoms with Gasteiger partial charge in [0.2, 0.25) is 11.6 Å². The normalized spacial score (nSPS) is 24.1. The Morgan fingerprint density at radius 1 is 0.842 bits per heavy atom. The average Bonchev–Trinajstić information content (AvgIpc) is 3.30. The van der Waals surface area contributed by atoms with E-state index >= 15 is 0 Å². The molecule has 4 aliphatic rings. The van der Waals surface area contributed by atoms with E-state index in [1.54, 1.807) is 0 Å². The van der Waals surface area contributed by atoms with Crippen LogP contribution in [0.1, 0.15) is 0 Å². The fourth-order valence-corrected chi connectivity index (χ4v) is 2.28. The van der Waals surface area contributed by atoms with Gasteiger partial charge in [-0.05, 0) is 0 Å². The lowest BCUT2D eigenvalue weighted by molar-refractivity contribution is -0.117. The molecule has 6 heteroatoms. The molecule has 0 aromatic rings. The van der Waals surface area contributed by atoms with Crippen LogP contribution in [0.4, 0.5) is 0 Å². The van der Waals surface area contributed by atoms with E-state index in [0.717, 1.165) is 46.4 Å². The van der Waals surface area contributed by atoms with Crippen LogP contribution in [-0.4, -0.2) is 77.8 Å². The second-order valence-corrected chi connectivity index (χ2v) is 4.88. The molecule has 0 aromatic heterocycles. The van der Waals surface area contributed by atoms with Crippen LogP contribution in [0.5, 0.6) is 0 Å². The van der Waals surface area contributed by atoms with Crippen molar-refractivity contribution < 1.29 is 14.7 Å². The van der Waals surface area contributed by atoms with Gasteiger partial charge in [0.05, 0.1) is 5.70 Å². The van der Waals surface area contributed by atoms with Crippen LogP contribution >= 0.6 is 0 Å². The van der Waals surface area contributed by atoms with Gasteiger partial charge in [0.15, 0.2) is 0 Å². The Morgan fingerprint density at radius 2 is 1.32 bits per heavy atom. The van der Waals surface area contributed by atoms with Crippen LogP contribution in [0.2, 0.25) is 0 Å². The molecule has 3 fully saturated rings. The number of ketones is 2. The number of carbonyl (C=O) groups excluding carboxylic acids is 2. The third-order valence-electron chi connectivity index (χ3n) is 3.49. The molecule has 0 saturated carbocycles. The summed E-state index contributed by atoms with van der Waals surface area (Å²) >= 11 is 0. The molecule has 0 radical (unpaired) electrons. The number of Topliss-reactive ketones (excluding diaryl/α,β-unsaturated/α-hetero) is 1. The lowest BCUT2D eigenvalue weighted by atomic mass is 10.0. The first-order chi connectivity index (χ1) is 9.25. The Balaban J connectivity index is 0.000000528. The van der Waals surface area contributed by atoms with E-state index in [-0.39, 0.29) is 11.6 Å². The molecule has 3 saturated heterocycles. The highest BCUT2D eigenvalue weighted by atomic mass is 16.2. The zero-order valence-corrected chi connectivity index (χ0v) is 10.9. The molecule has 1 N–H and O–H groups in total. The SMILES string of the molecule is CO.O=C1C=C(N2CC2)C(=O)C(N2CC2)=C1N1CC1. The van der Waals surface area contributed by atoms with Crippen LogP contribution < -0.4 is 0 Å². The van der Waals surface area contributed by atoms with E-state index in [4.69, 9.17) is 5.11 Å². The Kier molecular flexibility index (Phi) is 2.82. The molecular weight excluding hydrogens is 246 g/mol. The monoisotopic (exact) mass is 263 g/mol. The number of allylic oxidation sites excluding steroid dienone is 1. The van der Waals surface area contributed by atoms with Gasteiger partial charge in [0.1, 0.15) is 11.4 Å². The second-order valence-electron chi connectivity index (χ2n) is 4.88.